The molecule has 30 heavy (non-hydrogen) atoms. The molecule has 1 saturated heterocycles. The zero-order chi connectivity index (χ0) is 21.2. The maximum absolute atomic E-state index is 12.3. The van der Waals surface area contributed by atoms with E-state index in [2.05, 4.69) is 5.32 Å². The number of amides is 2. The molecule has 2 aromatic rings. The summed E-state index contributed by atoms with van der Waals surface area (Å²) in [6.45, 7) is 4.09. The molecule has 0 spiro atoms. The van der Waals surface area contributed by atoms with Crippen molar-refractivity contribution in [3.63, 3.8) is 0 Å². The highest BCUT2D eigenvalue weighted by Crippen LogP contribution is 2.20. The Hall–Kier alpha value is -3.22. The van der Waals surface area contributed by atoms with Crippen LogP contribution < -0.4 is 14.8 Å². The first-order valence-corrected chi connectivity index (χ1v) is 10.3. The molecule has 7 nitrogen and oxygen atoms in total. The van der Waals surface area contributed by atoms with Gasteiger partial charge in [0.05, 0.1) is 12.5 Å². The third-order valence-electron chi connectivity index (χ3n) is 4.87. The predicted molar refractivity (Wildman–Crippen MR) is 114 cm³/mol. The predicted octanol–water partition coefficient (Wildman–Crippen LogP) is 3.95. The molecule has 1 aliphatic heterocycles. The van der Waals surface area contributed by atoms with Gasteiger partial charge in [-0.3, -0.25) is 4.79 Å². The Balaban J connectivity index is 1.32. The van der Waals surface area contributed by atoms with E-state index in [1.54, 1.807) is 4.90 Å². The Morgan fingerprint density at radius 2 is 1.57 bits per heavy atom. The smallest absolute Gasteiger partial charge is 0.321 e. The molecule has 0 aromatic heterocycles. The zero-order valence-corrected chi connectivity index (χ0v) is 17.2. The minimum atomic E-state index is -0.228. The molecule has 2 amide bonds. The Morgan fingerprint density at radius 3 is 2.20 bits per heavy atom. The van der Waals surface area contributed by atoms with Crippen LogP contribution in [0.15, 0.2) is 54.6 Å². The summed E-state index contributed by atoms with van der Waals surface area (Å²) in [5, 5.41) is 2.87. The molecule has 1 heterocycles. The summed E-state index contributed by atoms with van der Waals surface area (Å²) in [7, 11) is 0. The van der Waals surface area contributed by atoms with Gasteiger partial charge in [-0.1, -0.05) is 18.2 Å². The third kappa shape index (κ3) is 6.40. The first-order chi connectivity index (χ1) is 14.7. The van der Waals surface area contributed by atoms with Crippen molar-refractivity contribution in [1.29, 1.82) is 0 Å². The molecule has 1 fully saturated rings. The second-order valence-corrected chi connectivity index (χ2v) is 6.98. The number of hydrogen-bond acceptors (Lipinski definition) is 5. The lowest BCUT2D eigenvalue weighted by molar-refractivity contribution is -0.150. The monoisotopic (exact) mass is 412 g/mol. The van der Waals surface area contributed by atoms with Gasteiger partial charge in [-0.05, 0) is 56.2 Å². The SMILES string of the molecule is CCOc1ccc(OCCOC(=O)C2CCN(C(=O)Nc3ccccc3)CC2)cc1. The molecule has 0 atom stereocenters. The molecule has 0 aliphatic carbocycles. The molecule has 0 bridgehead atoms. The summed E-state index contributed by atoms with van der Waals surface area (Å²) in [5.74, 6) is 1.08. The van der Waals surface area contributed by atoms with Gasteiger partial charge in [-0.15, -0.1) is 0 Å². The largest absolute Gasteiger partial charge is 0.494 e. The van der Waals surface area contributed by atoms with Crippen LogP contribution in [0.1, 0.15) is 19.8 Å². The number of ether oxygens (including phenoxy) is 3. The topological polar surface area (TPSA) is 77.1 Å². The average Bonchev–Trinajstić information content (AvgIpc) is 2.78. The fourth-order valence-corrected chi connectivity index (χ4v) is 3.26. The second-order valence-electron chi connectivity index (χ2n) is 6.98. The third-order valence-corrected chi connectivity index (χ3v) is 4.87. The standard InChI is InChI=1S/C23H28N2O5/c1-2-28-20-8-10-21(11-9-20)29-16-17-30-22(26)18-12-14-25(15-13-18)23(27)24-19-6-4-3-5-7-19/h3-11,18H,2,12-17H2,1H3,(H,24,27). The second kappa shape index (κ2) is 11.1. The van der Waals surface area contributed by atoms with Crippen LogP contribution >= 0.6 is 0 Å². The van der Waals surface area contributed by atoms with Gasteiger partial charge in [0.2, 0.25) is 0 Å². The number of likely N-dealkylation sites (tertiary alicyclic amines) is 1. The van der Waals surface area contributed by atoms with Crippen LogP contribution in [0.3, 0.4) is 0 Å². The maximum atomic E-state index is 12.3. The van der Waals surface area contributed by atoms with Crippen molar-refractivity contribution < 1.29 is 23.8 Å². The van der Waals surface area contributed by atoms with Crippen LogP contribution in [0.25, 0.3) is 0 Å². The first kappa shape index (κ1) is 21.5. The Kier molecular flexibility index (Phi) is 7.94. The molecule has 0 saturated carbocycles. The lowest BCUT2D eigenvalue weighted by Gasteiger charge is -2.31. The molecule has 1 N–H and O–H groups in total. The number of benzene rings is 2. The molecule has 3 rings (SSSR count). The van der Waals surface area contributed by atoms with E-state index in [9.17, 15) is 9.59 Å². The van der Waals surface area contributed by atoms with E-state index in [0.29, 0.717) is 38.3 Å². The van der Waals surface area contributed by atoms with E-state index in [1.165, 1.54) is 0 Å². The van der Waals surface area contributed by atoms with E-state index < -0.39 is 0 Å². The van der Waals surface area contributed by atoms with Crippen molar-refractivity contribution in [2.75, 3.05) is 38.2 Å². The molecule has 0 radical (unpaired) electrons. The highest BCUT2D eigenvalue weighted by molar-refractivity contribution is 5.89. The van der Waals surface area contributed by atoms with E-state index in [0.717, 1.165) is 11.4 Å². The summed E-state index contributed by atoms with van der Waals surface area (Å²) >= 11 is 0. The first-order valence-electron chi connectivity index (χ1n) is 10.3. The van der Waals surface area contributed by atoms with E-state index in [-0.39, 0.29) is 31.1 Å². The van der Waals surface area contributed by atoms with E-state index in [4.69, 9.17) is 14.2 Å². The molecule has 2 aromatic carbocycles. The van der Waals surface area contributed by atoms with Crippen LogP contribution in [0, 0.1) is 5.92 Å². The van der Waals surface area contributed by atoms with Gasteiger partial charge in [0.1, 0.15) is 24.7 Å². The Bertz CT molecular complexity index is 802. The summed E-state index contributed by atoms with van der Waals surface area (Å²) in [5.41, 5.74) is 0.761. The van der Waals surface area contributed by atoms with Crippen LogP contribution in [0.4, 0.5) is 10.5 Å². The van der Waals surface area contributed by atoms with Crippen molar-refractivity contribution in [2.24, 2.45) is 5.92 Å². The quantitative estimate of drug-likeness (QED) is 0.525. The summed E-state index contributed by atoms with van der Waals surface area (Å²) in [6, 6.07) is 16.5. The number of carbonyl (C=O) groups excluding carboxylic acids is 2. The van der Waals surface area contributed by atoms with Crippen molar-refractivity contribution in [1.82, 2.24) is 4.90 Å². The van der Waals surface area contributed by atoms with Gasteiger partial charge in [-0.2, -0.15) is 0 Å². The molecular formula is C23H28N2O5. The van der Waals surface area contributed by atoms with E-state index in [1.807, 2.05) is 61.5 Å². The fraction of sp³-hybridized carbons (Fsp3) is 0.391. The van der Waals surface area contributed by atoms with Gasteiger partial charge in [0, 0.05) is 18.8 Å². The van der Waals surface area contributed by atoms with Crippen LogP contribution in [0.2, 0.25) is 0 Å². The number of urea groups is 1. The minimum absolute atomic E-state index is 0.142. The normalized spacial score (nSPS) is 14.1. The average molecular weight is 412 g/mol. The van der Waals surface area contributed by atoms with E-state index >= 15 is 0 Å². The maximum Gasteiger partial charge on any atom is 0.321 e. The van der Waals surface area contributed by atoms with Gasteiger partial charge >= 0.3 is 12.0 Å². The summed E-state index contributed by atoms with van der Waals surface area (Å²) < 4.78 is 16.3. The van der Waals surface area contributed by atoms with Gasteiger partial charge in [0.25, 0.3) is 0 Å². The molecule has 1 aliphatic rings. The zero-order valence-electron chi connectivity index (χ0n) is 17.2. The Labute approximate surface area is 176 Å². The van der Waals surface area contributed by atoms with Crippen LogP contribution in [-0.2, 0) is 9.53 Å². The van der Waals surface area contributed by atoms with Crippen molar-refractivity contribution in [3.8, 4) is 11.5 Å². The summed E-state index contributed by atoms with van der Waals surface area (Å²) in [6.07, 6.45) is 1.20. The van der Waals surface area contributed by atoms with Gasteiger partial charge in [-0.25, -0.2) is 4.79 Å². The lowest BCUT2D eigenvalue weighted by Crippen LogP contribution is -2.42. The number of hydrogen-bond donors (Lipinski definition) is 1. The molecule has 160 valence electrons. The van der Waals surface area contributed by atoms with Gasteiger partial charge in [0.15, 0.2) is 0 Å². The number of nitrogens with one attached hydrogen (secondary N) is 1. The number of piperidine rings is 1. The molecule has 0 unspecified atom stereocenters. The van der Waals surface area contributed by atoms with Crippen molar-refractivity contribution in [2.45, 2.75) is 19.8 Å². The number of carbonyl (C=O) groups is 2. The van der Waals surface area contributed by atoms with Crippen LogP contribution in [-0.4, -0.2) is 49.8 Å². The van der Waals surface area contributed by atoms with Crippen molar-refractivity contribution >= 4 is 17.7 Å². The highest BCUT2D eigenvalue weighted by Gasteiger charge is 2.28. The van der Waals surface area contributed by atoms with Gasteiger partial charge < -0.3 is 24.4 Å². The summed E-state index contributed by atoms with van der Waals surface area (Å²) in [4.78, 5) is 26.3. The Morgan fingerprint density at radius 1 is 0.933 bits per heavy atom. The minimum Gasteiger partial charge on any atom is -0.494 e. The molecule has 7 heteroatoms. The van der Waals surface area contributed by atoms with Crippen molar-refractivity contribution in [3.05, 3.63) is 54.6 Å². The lowest BCUT2D eigenvalue weighted by atomic mass is 9.97. The number of esters is 1. The molecular weight excluding hydrogens is 384 g/mol. The van der Waals surface area contributed by atoms with Crippen LogP contribution in [0.5, 0.6) is 11.5 Å². The number of anilines is 1. The number of para-hydroxylation sites is 1. The fourth-order valence-electron chi connectivity index (χ4n) is 3.26. The number of rotatable bonds is 8. The highest BCUT2D eigenvalue weighted by atomic mass is 16.6. The number of nitrogens with zero attached hydrogens (tertiary/aromatic N) is 1.